The van der Waals surface area contributed by atoms with Crippen molar-refractivity contribution >= 4 is 11.8 Å². The fourth-order valence-corrected chi connectivity index (χ4v) is 3.17. The molecule has 5 heteroatoms. The number of amides is 2. The van der Waals surface area contributed by atoms with Crippen LogP contribution in [0, 0.1) is 11.8 Å². The van der Waals surface area contributed by atoms with Crippen molar-refractivity contribution in [3.8, 4) is 0 Å². The van der Waals surface area contributed by atoms with Gasteiger partial charge in [0.05, 0.1) is 12.1 Å². The van der Waals surface area contributed by atoms with Crippen LogP contribution in [0.1, 0.15) is 46.0 Å². The second-order valence-electron chi connectivity index (χ2n) is 6.27. The first kappa shape index (κ1) is 15.3. The molecule has 1 aliphatic heterocycles. The molecule has 2 N–H and O–H groups in total. The van der Waals surface area contributed by atoms with Gasteiger partial charge in [0.1, 0.15) is 0 Å². The molecular formula is C15H26N2O3. The van der Waals surface area contributed by atoms with Crippen molar-refractivity contribution in [1.82, 2.24) is 10.2 Å². The normalized spacial score (nSPS) is 31.4. The molecular weight excluding hydrogens is 256 g/mol. The van der Waals surface area contributed by atoms with Gasteiger partial charge >= 0.3 is 0 Å². The molecule has 1 saturated carbocycles. The first-order valence-corrected chi connectivity index (χ1v) is 7.77. The van der Waals surface area contributed by atoms with E-state index in [0.29, 0.717) is 25.2 Å². The van der Waals surface area contributed by atoms with Crippen LogP contribution in [0.4, 0.5) is 0 Å². The fourth-order valence-electron chi connectivity index (χ4n) is 3.17. The van der Waals surface area contributed by atoms with Crippen LogP contribution in [0.5, 0.6) is 0 Å². The zero-order valence-corrected chi connectivity index (χ0v) is 12.5. The van der Waals surface area contributed by atoms with Crippen LogP contribution in [0.15, 0.2) is 0 Å². The second kappa shape index (κ2) is 6.57. The molecule has 0 aromatic carbocycles. The second-order valence-corrected chi connectivity index (χ2v) is 6.27. The molecule has 1 aliphatic carbocycles. The first-order chi connectivity index (χ1) is 9.51. The van der Waals surface area contributed by atoms with Crippen molar-refractivity contribution in [2.75, 3.05) is 13.1 Å². The zero-order valence-electron chi connectivity index (χ0n) is 12.5. The van der Waals surface area contributed by atoms with Gasteiger partial charge < -0.3 is 15.3 Å². The summed E-state index contributed by atoms with van der Waals surface area (Å²) in [5.74, 6) is 0.656. The Morgan fingerprint density at radius 1 is 1.25 bits per heavy atom. The van der Waals surface area contributed by atoms with E-state index in [0.717, 1.165) is 25.9 Å². The van der Waals surface area contributed by atoms with E-state index in [1.54, 1.807) is 6.92 Å². The van der Waals surface area contributed by atoms with Gasteiger partial charge in [-0.05, 0) is 31.6 Å². The molecule has 2 rings (SSSR count). The van der Waals surface area contributed by atoms with Crippen LogP contribution in [0.2, 0.25) is 0 Å². The van der Waals surface area contributed by atoms with E-state index in [9.17, 15) is 14.7 Å². The third-order valence-corrected chi connectivity index (χ3v) is 4.64. The minimum Gasteiger partial charge on any atom is -0.391 e. The first-order valence-electron chi connectivity index (χ1n) is 7.77. The summed E-state index contributed by atoms with van der Waals surface area (Å²) in [4.78, 5) is 25.8. The molecule has 0 spiro atoms. The Labute approximate surface area is 120 Å². The summed E-state index contributed by atoms with van der Waals surface area (Å²) < 4.78 is 0. The van der Waals surface area contributed by atoms with E-state index in [-0.39, 0.29) is 23.8 Å². The zero-order chi connectivity index (χ0) is 14.7. The summed E-state index contributed by atoms with van der Waals surface area (Å²) in [6.45, 7) is 5.67. The number of hydrogen-bond acceptors (Lipinski definition) is 3. The lowest BCUT2D eigenvalue weighted by molar-refractivity contribution is -0.137. The number of aliphatic hydroxyl groups excluding tert-OH is 1. The van der Waals surface area contributed by atoms with Crippen molar-refractivity contribution in [2.24, 2.45) is 11.8 Å². The van der Waals surface area contributed by atoms with Gasteiger partial charge in [-0.15, -0.1) is 0 Å². The molecule has 5 nitrogen and oxygen atoms in total. The van der Waals surface area contributed by atoms with Gasteiger partial charge in [-0.3, -0.25) is 9.59 Å². The van der Waals surface area contributed by atoms with Gasteiger partial charge in [0, 0.05) is 25.4 Å². The third kappa shape index (κ3) is 3.51. The van der Waals surface area contributed by atoms with Crippen LogP contribution < -0.4 is 5.32 Å². The molecule has 114 valence electrons. The van der Waals surface area contributed by atoms with E-state index in [1.165, 1.54) is 0 Å². The van der Waals surface area contributed by atoms with Crippen molar-refractivity contribution in [1.29, 1.82) is 0 Å². The summed E-state index contributed by atoms with van der Waals surface area (Å²) in [6, 6.07) is -0.264. The average molecular weight is 282 g/mol. The van der Waals surface area contributed by atoms with Gasteiger partial charge in [0.2, 0.25) is 11.8 Å². The Morgan fingerprint density at radius 2 is 1.90 bits per heavy atom. The summed E-state index contributed by atoms with van der Waals surface area (Å²) >= 11 is 0. The largest absolute Gasteiger partial charge is 0.391 e. The van der Waals surface area contributed by atoms with E-state index in [2.05, 4.69) is 12.2 Å². The minimum absolute atomic E-state index is 0.0612. The third-order valence-electron chi connectivity index (χ3n) is 4.64. The molecule has 3 atom stereocenters. The molecule has 1 heterocycles. The number of piperidine rings is 1. The summed E-state index contributed by atoms with van der Waals surface area (Å²) in [7, 11) is 0. The highest BCUT2D eigenvalue weighted by Gasteiger charge is 2.39. The summed E-state index contributed by atoms with van der Waals surface area (Å²) in [5, 5.41) is 12.8. The smallest absolute Gasteiger partial charge is 0.225 e. The monoisotopic (exact) mass is 282 g/mol. The van der Waals surface area contributed by atoms with Gasteiger partial charge in [-0.25, -0.2) is 0 Å². The Hall–Kier alpha value is -1.10. The predicted molar refractivity (Wildman–Crippen MR) is 75.9 cm³/mol. The number of nitrogens with zero attached hydrogens (tertiary/aromatic N) is 1. The van der Waals surface area contributed by atoms with Crippen LogP contribution in [-0.2, 0) is 9.59 Å². The maximum absolute atomic E-state index is 12.5. The Balaban J connectivity index is 1.87. The number of nitrogens with one attached hydrogen (secondary N) is 1. The van der Waals surface area contributed by atoms with Crippen LogP contribution in [0.25, 0.3) is 0 Å². The maximum Gasteiger partial charge on any atom is 0.225 e. The van der Waals surface area contributed by atoms with Crippen molar-refractivity contribution in [3.05, 3.63) is 0 Å². The Morgan fingerprint density at radius 3 is 2.50 bits per heavy atom. The molecule has 2 aliphatic rings. The highest BCUT2D eigenvalue weighted by Crippen LogP contribution is 2.29. The summed E-state index contributed by atoms with van der Waals surface area (Å²) in [5.41, 5.74) is 0. The number of carbonyl (C=O) groups excluding carboxylic acids is 2. The minimum atomic E-state index is -0.594. The lowest BCUT2D eigenvalue weighted by Crippen LogP contribution is -2.41. The van der Waals surface area contributed by atoms with Gasteiger partial charge in [-0.1, -0.05) is 13.8 Å². The van der Waals surface area contributed by atoms with Crippen molar-refractivity contribution in [3.63, 3.8) is 0 Å². The maximum atomic E-state index is 12.5. The number of hydrogen-bond donors (Lipinski definition) is 2. The molecule has 0 radical (unpaired) electrons. The van der Waals surface area contributed by atoms with Gasteiger partial charge in [-0.2, -0.15) is 0 Å². The molecule has 0 aromatic rings. The molecule has 2 amide bonds. The number of rotatable bonds is 3. The van der Waals surface area contributed by atoms with E-state index in [4.69, 9.17) is 0 Å². The number of aliphatic hydroxyl groups is 1. The quantitative estimate of drug-likeness (QED) is 0.808. The average Bonchev–Trinajstić information content (AvgIpc) is 2.80. The Kier molecular flexibility index (Phi) is 5.02. The van der Waals surface area contributed by atoms with E-state index in [1.807, 2.05) is 4.90 Å². The van der Waals surface area contributed by atoms with Gasteiger partial charge in [0.25, 0.3) is 0 Å². The standard InChI is InChI=1S/C15H26N2O3/c1-3-14(19)16-12-8-11(9-13(12)18)15(20)17-6-4-10(2)5-7-17/h10-13,18H,3-9H2,1-2H3,(H,16,19)/t11-,12+,13+/m0/s1. The summed E-state index contributed by atoms with van der Waals surface area (Å²) in [6.07, 6.45) is 2.99. The van der Waals surface area contributed by atoms with Crippen molar-refractivity contribution in [2.45, 2.75) is 58.1 Å². The van der Waals surface area contributed by atoms with E-state index >= 15 is 0 Å². The van der Waals surface area contributed by atoms with Crippen LogP contribution in [0.3, 0.4) is 0 Å². The number of likely N-dealkylation sites (tertiary alicyclic amines) is 1. The fraction of sp³-hybridized carbons (Fsp3) is 0.867. The van der Waals surface area contributed by atoms with Crippen LogP contribution >= 0.6 is 0 Å². The SMILES string of the molecule is CCC(=O)N[C@@H]1C[C@H](C(=O)N2CCC(C)CC2)C[C@H]1O. The molecule has 2 fully saturated rings. The molecule has 1 saturated heterocycles. The highest BCUT2D eigenvalue weighted by atomic mass is 16.3. The lowest BCUT2D eigenvalue weighted by atomic mass is 9.97. The lowest BCUT2D eigenvalue weighted by Gasteiger charge is -2.32. The molecule has 0 aromatic heterocycles. The van der Waals surface area contributed by atoms with E-state index < -0.39 is 6.10 Å². The van der Waals surface area contributed by atoms with Crippen LogP contribution in [-0.4, -0.2) is 47.1 Å². The number of carbonyl (C=O) groups is 2. The topological polar surface area (TPSA) is 69.6 Å². The molecule has 20 heavy (non-hydrogen) atoms. The van der Waals surface area contributed by atoms with Crippen molar-refractivity contribution < 1.29 is 14.7 Å². The Bertz CT molecular complexity index is 364. The van der Waals surface area contributed by atoms with Gasteiger partial charge in [0.15, 0.2) is 0 Å². The highest BCUT2D eigenvalue weighted by molar-refractivity contribution is 5.80. The predicted octanol–water partition coefficient (Wildman–Crippen LogP) is 0.911. The molecule has 0 bridgehead atoms. The molecule has 0 unspecified atom stereocenters.